The molecule has 1 aromatic carbocycles. The van der Waals surface area contributed by atoms with Crippen LogP contribution in [-0.2, 0) is 17.0 Å². The van der Waals surface area contributed by atoms with E-state index in [4.69, 9.17) is 4.74 Å². The fourth-order valence-corrected chi connectivity index (χ4v) is 4.50. The molecular weight excluding hydrogens is 358 g/mol. The standard InChI is InChI=1S/C20H27N5OS/c1-24-11-6-5-10-18(24)19-22-23-20(25(19)12-7-13-26-2)27-15-17-9-4-3-8-16(17)14-21/h3-4,8-9,18H,5-7,10-13,15H2,1-2H3. The number of benzene rings is 1. The van der Waals surface area contributed by atoms with E-state index in [2.05, 4.69) is 32.8 Å². The van der Waals surface area contributed by atoms with E-state index in [-0.39, 0.29) is 0 Å². The number of ether oxygens (including phenoxy) is 1. The molecule has 0 aliphatic carbocycles. The van der Waals surface area contributed by atoms with Crippen LogP contribution in [-0.4, -0.2) is 47.0 Å². The molecule has 0 amide bonds. The van der Waals surface area contributed by atoms with Gasteiger partial charge in [-0.3, -0.25) is 4.90 Å². The van der Waals surface area contributed by atoms with E-state index >= 15 is 0 Å². The van der Waals surface area contributed by atoms with Crippen molar-refractivity contribution in [2.24, 2.45) is 0 Å². The topological polar surface area (TPSA) is 67.0 Å². The monoisotopic (exact) mass is 385 g/mol. The highest BCUT2D eigenvalue weighted by molar-refractivity contribution is 7.98. The van der Waals surface area contributed by atoms with Crippen LogP contribution in [0.5, 0.6) is 0 Å². The number of piperidine rings is 1. The number of aromatic nitrogens is 3. The zero-order chi connectivity index (χ0) is 19.1. The lowest BCUT2D eigenvalue weighted by Crippen LogP contribution is -2.31. The highest BCUT2D eigenvalue weighted by atomic mass is 32.2. The number of hydrogen-bond acceptors (Lipinski definition) is 6. The molecule has 0 saturated carbocycles. The lowest BCUT2D eigenvalue weighted by atomic mass is 10.0. The predicted octanol–water partition coefficient (Wildman–Crippen LogP) is 3.64. The Morgan fingerprint density at radius 3 is 2.93 bits per heavy atom. The van der Waals surface area contributed by atoms with Crippen molar-refractivity contribution in [1.82, 2.24) is 19.7 Å². The Morgan fingerprint density at radius 2 is 2.15 bits per heavy atom. The van der Waals surface area contributed by atoms with Gasteiger partial charge in [-0.2, -0.15) is 5.26 Å². The van der Waals surface area contributed by atoms with Crippen LogP contribution in [0.4, 0.5) is 0 Å². The minimum atomic E-state index is 0.328. The van der Waals surface area contributed by atoms with Crippen LogP contribution in [0.25, 0.3) is 0 Å². The van der Waals surface area contributed by atoms with Gasteiger partial charge in [-0.25, -0.2) is 0 Å². The van der Waals surface area contributed by atoms with Gasteiger partial charge in [-0.1, -0.05) is 36.4 Å². The van der Waals surface area contributed by atoms with E-state index < -0.39 is 0 Å². The van der Waals surface area contributed by atoms with E-state index in [1.165, 1.54) is 12.8 Å². The second kappa shape index (κ2) is 9.88. The summed E-state index contributed by atoms with van der Waals surface area (Å²) in [7, 11) is 3.91. The molecule has 1 aromatic heterocycles. The second-order valence-electron chi connectivity index (χ2n) is 6.89. The van der Waals surface area contributed by atoms with Crippen LogP contribution in [0.2, 0.25) is 0 Å². The molecule has 0 spiro atoms. The molecule has 0 N–H and O–H groups in total. The molecule has 7 heteroatoms. The fraction of sp³-hybridized carbons (Fsp3) is 0.550. The van der Waals surface area contributed by atoms with Gasteiger partial charge in [-0.15, -0.1) is 10.2 Å². The van der Waals surface area contributed by atoms with Crippen LogP contribution in [0, 0.1) is 11.3 Å². The smallest absolute Gasteiger partial charge is 0.191 e. The van der Waals surface area contributed by atoms with Crippen LogP contribution >= 0.6 is 11.8 Å². The molecular formula is C20H27N5OS. The van der Waals surface area contributed by atoms with Crippen LogP contribution in [0.3, 0.4) is 0 Å². The van der Waals surface area contributed by atoms with Crippen molar-refractivity contribution in [3.63, 3.8) is 0 Å². The van der Waals surface area contributed by atoms with Gasteiger partial charge in [-0.05, 0) is 44.5 Å². The van der Waals surface area contributed by atoms with Crippen molar-refractivity contribution >= 4 is 11.8 Å². The van der Waals surface area contributed by atoms with Crippen molar-refractivity contribution in [3.05, 3.63) is 41.2 Å². The van der Waals surface area contributed by atoms with Gasteiger partial charge in [0.25, 0.3) is 0 Å². The van der Waals surface area contributed by atoms with Gasteiger partial charge in [0.2, 0.25) is 0 Å². The van der Waals surface area contributed by atoms with Crippen LogP contribution in [0.15, 0.2) is 29.4 Å². The molecule has 2 aromatic rings. The zero-order valence-electron chi connectivity index (χ0n) is 16.1. The van der Waals surface area contributed by atoms with Crippen LogP contribution in [0.1, 0.15) is 48.7 Å². The number of likely N-dealkylation sites (tertiary alicyclic amines) is 1. The maximum atomic E-state index is 9.31. The van der Waals surface area contributed by atoms with Gasteiger partial charge >= 0.3 is 0 Å². The Bertz CT molecular complexity index is 785. The molecule has 1 saturated heterocycles. The summed E-state index contributed by atoms with van der Waals surface area (Å²) >= 11 is 1.65. The first-order valence-electron chi connectivity index (χ1n) is 9.47. The molecule has 2 heterocycles. The van der Waals surface area contributed by atoms with Gasteiger partial charge in [0, 0.05) is 26.0 Å². The molecule has 1 aliphatic heterocycles. The molecule has 1 unspecified atom stereocenters. The Kier molecular flexibility index (Phi) is 7.27. The lowest BCUT2D eigenvalue weighted by Gasteiger charge is -2.31. The summed E-state index contributed by atoms with van der Waals surface area (Å²) in [5.41, 5.74) is 1.76. The highest BCUT2D eigenvalue weighted by Crippen LogP contribution is 2.32. The molecule has 3 rings (SSSR count). The Morgan fingerprint density at radius 1 is 1.30 bits per heavy atom. The number of thioether (sulfide) groups is 1. The average molecular weight is 386 g/mol. The molecule has 1 aliphatic rings. The quantitative estimate of drug-likeness (QED) is 0.511. The summed E-state index contributed by atoms with van der Waals surface area (Å²) in [6.45, 7) is 2.68. The molecule has 1 atom stereocenters. The van der Waals surface area contributed by atoms with E-state index in [0.717, 1.165) is 54.6 Å². The lowest BCUT2D eigenvalue weighted by molar-refractivity contribution is 0.168. The third kappa shape index (κ3) is 4.89. The fourth-order valence-electron chi connectivity index (χ4n) is 3.53. The summed E-state index contributed by atoms with van der Waals surface area (Å²) in [6.07, 6.45) is 4.54. The number of hydrogen-bond donors (Lipinski definition) is 0. The Hall–Kier alpha value is -1.88. The van der Waals surface area contributed by atoms with E-state index in [1.54, 1.807) is 18.9 Å². The number of nitrogens with zero attached hydrogens (tertiary/aromatic N) is 5. The van der Waals surface area contributed by atoms with Crippen molar-refractivity contribution in [1.29, 1.82) is 5.26 Å². The van der Waals surface area contributed by atoms with E-state index in [1.807, 2.05) is 24.3 Å². The highest BCUT2D eigenvalue weighted by Gasteiger charge is 2.27. The first-order chi connectivity index (χ1) is 13.2. The van der Waals surface area contributed by atoms with Crippen molar-refractivity contribution < 1.29 is 4.74 Å². The molecule has 27 heavy (non-hydrogen) atoms. The Labute approximate surface area is 165 Å². The summed E-state index contributed by atoms with van der Waals surface area (Å²) in [5, 5.41) is 19.3. The van der Waals surface area contributed by atoms with E-state index in [0.29, 0.717) is 11.8 Å². The Balaban J connectivity index is 1.80. The molecule has 6 nitrogen and oxygen atoms in total. The van der Waals surface area contributed by atoms with Crippen molar-refractivity contribution in [2.45, 2.75) is 49.2 Å². The van der Waals surface area contributed by atoms with Crippen LogP contribution < -0.4 is 0 Å². The SMILES string of the molecule is COCCCn1c(SCc2ccccc2C#N)nnc1C1CCCCN1C. The number of methoxy groups -OCH3 is 1. The minimum absolute atomic E-state index is 0.328. The summed E-state index contributed by atoms with van der Waals surface area (Å²) < 4.78 is 7.49. The maximum Gasteiger partial charge on any atom is 0.191 e. The largest absolute Gasteiger partial charge is 0.385 e. The molecule has 144 valence electrons. The molecule has 1 fully saturated rings. The van der Waals surface area contributed by atoms with Gasteiger partial charge in [0.1, 0.15) is 0 Å². The zero-order valence-corrected chi connectivity index (χ0v) is 16.9. The number of nitriles is 1. The van der Waals surface area contributed by atoms with Crippen molar-refractivity contribution in [3.8, 4) is 6.07 Å². The minimum Gasteiger partial charge on any atom is -0.385 e. The van der Waals surface area contributed by atoms with Crippen molar-refractivity contribution in [2.75, 3.05) is 27.3 Å². The third-order valence-corrected chi connectivity index (χ3v) is 6.05. The number of rotatable bonds is 8. The summed E-state index contributed by atoms with van der Waals surface area (Å²) in [5.74, 6) is 1.77. The molecule has 0 radical (unpaired) electrons. The van der Waals surface area contributed by atoms with Gasteiger partial charge < -0.3 is 9.30 Å². The first-order valence-corrected chi connectivity index (χ1v) is 10.5. The summed E-state index contributed by atoms with van der Waals surface area (Å²) in [4.78, 5) is 2.39. The van der Waals surface area contributed by atoms with E-state index in [9.17, 15) is 5.26 Å². The molecule has 0 bridgehead atoms. The third-order valence-electron chi connectivity index (χ3n) is 5.04. The maximum absolute atomic E-state index is 9.31. The second-order valence-corrected chi connectivity index (χ2v) is 7.83. The first kappa shape index (κ1) is 19.9. The average Bonchev–Trinajstić information content (AvgIpc) is 3.09. The predicted molar refractivity (Wildman–Crippen MR) is 106 cm³/mol. The summed E-state index contributed by atoms with van der Waals surface area (Å²) in [6, 6.07) is 10.3. The van der Waals surface area contributed by atoms with Gasteiger partial charge in [0.05, 0.1) is 17.7 Å². The normalized spacial score (nSPS) is 17.7. The van der Waals surface area contributed by atoms with Gasteiger partial charge in [0.15, 0.2) is 11.0 Å².